The van der Waals surface area contributed by atoms with Crippen molar-refractivity contribution < 1.29 is 9.53 Å². The minimum atomic E-state index is -0.187. The fourth-order valence-electron chi connectivity index (χ4n) is 2.59. The van der Waals surface area contributed by atoms with Gasteiger partial charge in [-0.15, -0.1) is 0 Å². The van der Waals surface area contributed by atoms with Gasteiger partial charge in [-0.3, -0.25) is 4.79 Å². The molecule has 0 unspecified atom stereocenters. The summed E-state index contributed by atoms with van der Waals surface area (Å²) in [4.78, 5) is 12.2. The molecule has 0 aliphatic heterocycles. The lowest BCUT2D eigenvalue weighted by Gasteiger charge is -2.20. The van der Waals surface area contributed by atoms with Crippen molar-refractivity contribution in [2.45, 2.75) is 33.2 Å². The van der Waals surface area contributed by atoms with Crippen LogP contribution in [0.1, 0.15) is 36.1 Å². The van der Waals surface area contributed by atoms with Gasteiger partial charge in [-0.1, -0.05) is 53.9 Å². The van der Waals surface area contributed by atoms with Crippen molar-refractivity contribution in [3.63, 3.8) is 0 Å². The zero-order valence-electron chi connectivity index (χ0n) is 14.0. The van der Waals surface area contributed by atoms with Crippen LogP contribution in [0, 0.1) is 13.8 Å². The molecule has 2 aromatic rings. The zero-order chi connectivity index (χ0) is 17.7. The number of aryl methyl sites for hydroxylation is 2. The second-order valence-corrected chi connectivity index (χ2v) is 6.60. The number of benzene rings is 2. The highest BCUT2D eigenvalue weighted by Gasteiger charge is 2.15. The van der Waals surface area contributed by atoms with E-state index in [1.807, 2.05) is 6.92 Å². The molecule has 2 rings (SSSR count). The molecule has 1 amide bonds. The van der Waals surface area contributed by atoms with Crippen LogP contribution in [0.15, 0.2) is 36.4 Å². The molecule has 2 aromatic carbocycles. The Labute approximate surface area is 152 Å². The fourth-order valence-corrected chi connectivity index (χ4v) is 3.05. The van der Waals surface area contributed by atoms with E-state index in [9.17, 15) is 4.79 Å². The first-order valence-electron chi connectivity index (χ1n) is 7.85. The Morgan fingerprint density at radius 3 is 2.54 bits per heavy atom. The van der Waals surface area contributed by atoms with Gasteiger partial charge in [0.1, 0.15) is 5.75 Å². The van der Waals surface area contributed by atoms with Crippen LogP contribution < -0.4 is 10.1 Å². The Morgan fingerprint density at radius 1 is 1.17 bits per heavy atom. The zero-order valence-corrected chi connectivity index (χ0v) is 15.5. The maximum atomic E-state index is 12.2. The summed E-state index contributed by atoms with van der Waals surface area (Å²) in [6.07, 6.45) is 0.803. The Morgan fingerprint density at radius 2 is 1.92 bits per heavy atom. The third-order valence-electron chi connectivity index (χ3n) is 3.80. The molecule has 0 fully saturated rings. The molecule has 0 aliphatic rings. The van der Waals surface area contributed by atoms with Crippen LogP contribution in [0.2, 0.25) is 10.0 Å². The van der Waals surface area contributed by atoms with Gasteiger partial charge in [-0.05, 0) is 49.6 Å². The third-order valence-corrected chi connectivity index (χ3v) is 4.33. The summed E-state index contributed by atoms with van der Waals surface area (Å²) in [5.41, 5.74) is 3.50. The molecule has 0 aromatic heterocycles. The van der Waals surface area contributed by atoms with Gasteiger partial charge >= 0.3 is 0 Å². The average molecular weight is 366 g/mol. The molecular formula is C19H21Cl2NO2. The summed E-state index contributed by atoms with van der Waals surface area (Å²) < 4.78 is 5.48. The lowest BCUT2D eigenvalue weighted by molar-refractivity contribution is -0.123. The minimum absolute atomic E-state index is 0.0395. The van der Waals surface area contributed by atoms with Crippen LogP contribution in [-0.2, 0) is 4.79 Å². The monoisotopic (exact) mass is 365 g/mol. The minimum Gasteiger partial charge on any atom is -0.482 e. The Hall–Kier alpha value is -1.71. The highest BCUT2D eigenvalue weighted by Crippen LogP contribution is 2.27. The van der Waals surface area contributed by atoms with Crippen molar-refractivity contribution in [1.29, 1.82) is 0 Å². The van der Waals surface area contributed by atoms with Gasteiger partial charge in [0, 0.05) is 5.02 Å². The second-order valence-electron chi connectivity index (χ2n) is 5.75. The van der Waals surface area contributed by atoms with E-state index < -0.39 is 0 Å². The van der Waals surface area contributed by atoms with Crippen LogP contribution in [-0.4, -0.2) is 12.5 Å². The van der Waals surface area contributed by atoms with Gasteiger partial charge in [-0.2, -0.15) is 0 Å². The van der Waals surface area contributed by atoms with Gasteiger partial charge in [-0.25, -0.2) is 0 Å². The quantitative estimate of drug-likeness (QED) is 0.758. The van der Waals surface area contributed by atoms with E-state index in [1.165, 1.54) is 11.1 Å². The predicted molar refractivity (Wildman–Crippen MR) is 99.0 cm³/mol. The molecule has 0 saturated heterocycles. The number of ether oxygens (including phenoxy) is 1. The van der Waals surface area contributed by atoms with Gasteiger partial charge in [0.15, 0.2) is 6.61 Å². The Kier molecular flexibility index (Phi) is 6.52. The van der Waals surface area contributed by atoms with Crippen molar-refractivity contribution in [2.24, 2.45) is 0 Å². The largest absolute Gasteiger partial charge is 0.482 e. The summed E-state index contributed by atoms with van der Waals surface area (Å²) in [7, 11) is 0. The van der Waals surface area contributed by atoms with Crippen LogP contribution >= 0.6 is 23.2 Å². The number of nitrogens with one attached hydrogen (secondary N) is 1. The second kappa shape index (κ2) is 8.41. The molecule has 0 spiro atoms. The maximum Gasteiger partial charge on any atom is 0.258 e. The summed E-state index contributed by atoms with van der Waals surface area (Å²) in [6.45, 7) is 6.06. The molecule has 1 atom stereocenters. The molecule has 0 heterocycles. The number of hydrogen-bond acceptors (Lipinski definition) is 2. The molecular weight excluding hydrogens is 345 g/mol. The summed E-state index contributed by atoms with van der Waals surface area (Å²) in [5.74, 6) is 0.253. The van der Waals surface area contributed by atoms with E-state index in [2.05, 4.69) is 37.4 Å². The van der Waals surface area contributed by atoms with Gasteiger partial charge in [0.25, 0.3) is 5.91 Å². The first kappa shape index (κ1) is 18.6. The topological polar surface area (TPSA) is 38.3 Å². The summed E-state index contributed by atoms with van der Waals surface area (Å²) >= 11 is 11.9. The van der Waals surface area contributed by atoms with Gasteiger partial charge < -0.3 is 10.1 Å². The first-order valence-corrected chi connectivity index (χ1v) is 8.60. The number of amides is 1. The van der Waals surface area contributed by atoms with Gasteiger partial charge in [0.2, 0.25) is 0 Å². The molecule has 24 heavy (non-hydrogen) atoms. The van der Waals surface area contributed by atoms with Crippen molar-refractivity contribution >= 4 is 29.1 Å². The summed E-state index contributed by atoms with van der Waals surface area (Å²) in [6, 6.07) is 11.1. The van der Waals surface area contributed by atoms with Crippen LogP contribution in [0.3, 0.4) is 0 Å². The van der Waals surface area contributed by atoms with Crippen molar-refractivity contribution in [2.75, 3.05) is 6.61 Å². The van der Waals surface area contributed by atoms with E-state index in [0.29, 0.717) is 15.8 Å². The predicted octanol–water partition coefficient (Wildman–Crippen LogP) is 5.26. The van der Waals surface area contributed by atoms with Crippen molar-refractivity contribution in [3.8, 4) is 5.75 Å². The standard InChI is InChI=1S/C19H21Cl2NO2/c1-4-17(15-7-5-12(2)9-13(15)3)22-19(23)11-24-18-8-6-14(20)10-16(18)21/h5-10,17H,4,11H2,1-3H3,(H,22,23)/t17-/m0/s1. The number of rotatable bonds is 6. The maximum absolute atomic E-state index is 12.2. The van der Waals surface area contributed by atoms with E-state index in [4.69, 9.17) is 27.9 Å². The Balaban J connectivity index is 1.99. The molecule has 0 radical (unpaired) electrons. The van der Waals surface area contributed by atoms with Crippen LogP contribution in [0.25, 0.3) is 0 Å². The number of carbonyl (C=O) groups excluding carboxylic acids is 1. The highest BCUT2D eigenvalue weighted by atomic mass is 35.5. The van der Waals surface area contributed by atoms with E-state index in [1.54, 1.807) is 18.2 Å². The van der Waals surface area contributed by atoms with Gasteiger partial charge in [0.05, 0.1) is 11.1 Å². The van der Waals surface area contributed by atoms with E-state index >= 15 is 0 Å². The number of halogens is 2. The highest BCUT2D eigenvalue weighted by molar-refractivity contribution is 6.35. The van der Waals surface area contributed by atoms with Crippen LogP contribution in [0.5, 0.6) is 5.75 Å². The molecule has 5 heteroatoms. The fraction of sp³-hybridized carbons (Fsp3) is 0.316. The average Bonchev–Trinajstić information content (AvgIpc) is 2.52. The SMILES string of the molecule is CC[C@H](NC(=O)COc1ccc(Cl)cc1Cl)c1ccc(C)cc1C. The lowest BCUT2D eigenvalue weighted by Crippen LogP contribution is -2.32. The molecule has 3 nitrogen and oxygen atoms in total. The summed E-state index contributed by atoms with van der Waals surface area (Å²) in [5, 5.41) is 3.92. The normalized spacial score (nSPS) is 11.9. The third kappa shape index (κ3) is 4.89. The Bertz CT molecular complexity index is 731. The number of carbonyl (C=O) groups is 1. The lowest BCUT2D eigenvalue weighted by atomic mass is 9.97. The molecule has 0 saturated carbocycles. The number of hydrogen-bond donors (Lipinski definition) is 1. The molecule has 1 N–H and O–H groups in total. The smallest absolute Gasteiger partial charge is 0.258 e. The van der Waals surface area contributed by atoms with Crippen molar-refractivity contribution in [1.82, 2.24) is 5.32 Å². The van der Waals surface area contributed by atoms with Crippen LogP contribution in [0.4, 0.5) is 0 Å². The molecule has 128 valence electrons. The molecule has 0 aliphatic carbocycles. The molecule has 0 bridgehead atoms. The van der Waals surface area contributed by atoms with E-state index in [0.717, 1.165) is 12.0 Å². The first-order chi connectivity index (χ1) is 11.4. The van der Waals surface area contributed by atoms with E-state index in [-0.39, 0.29) is 18.6 Å². The van der Waals surface area contributed by atoms with Crippen molar-refractivity contribution in [3.05, 3.63) is 63.1 Å².